The van der Waals surface area contributed by atoms with Crippen LogP contribution in [0.25, 0.3) is 0 Å². The zero-order valence-corrected chi connectivity index (χ0v) is 11.5. The molecule has 0 saturated heterocycles. The van der Waals surface area contributed by atoms with Crippen molar-refractivity contribution >= 4 is 11.6 Å². The molecule has 4 heteroatoms. The lowest BCUT2D eigenvalue weighted by Crippen LogP contribution is -2.12. The first-order valence-electron chi connectivity index (χ1n) is 6.27. The van der Waals surface area contributed by atoms with Crippen molar-refractivity contribution < 1.29 is 9.21 Å². The van der Waals surface area contributed by atoms with E-state index >= 15 is 0 Å². The first-order chi connectivity index (χ1) is 9.61. The van der Waals surface area contributed by atoms with Crippen molar-refractivity contribution in [2.45, 2.75) is 13.8 Å². The summed E-state index contributed by atoms with van der Waals surface area (Å²) < 4.78 is 5.16. The fraction of sp³-hybridized carbons (Fsp3) is 0.188. The van der Waals surface area contributed by atoms with Crippen LogP contribution in [0.1, 0.15) is 27.2 Å². The molecule has 20 heavy (non-hydrogen) atoms. The Hall–Kier alpha value is -2.51. The zero-order valence-electron chi connectivity index (χ0n) is 11.5. The highest BCUT2D eigenvalue weighted by Crippen LogP contribution is 2.17. The van der Waals surface area contributed by atoms with Gasteiger partial charge in [-0.05, 0) is 37.6 Å². The number of carbonyl (C=O) groups excluding carboxylic acids is 1. The van der Waals surface area contributed by atoms with Crippen LogP contribution in [0, 0.1) is 25.7 Å². The number of benzene rings is 1. The van der Waals surface area contributed by atoms with Gasteiger partial charge in [0.1, 0.15) is 0 Å². The lowest BCUT2D eigenvalue weighted by molar-refractivity contribution is 0.0996. The topological polar surface area (TPSA) is 68.3 Å². The highest BCUT2D eigenvalue weighted by molar-refractivity contribution is 6.03. The van der Waals surface area contributed by atoms with Crippen molar-refractivity contribution in [2.24, 2.45) is 5.73 Å². The third kappa shape index (κ3) is 3.08. The maximum absolute atomic E-state index is 12.0. The van der Waals surface area contributed by atoms with E-state index in [9.17, 15) is 4.79 Å². The highest BCUT2D eigenvalue weighted by Gasteiger charge is 2.12. The van der Waals surface area contributed by atoms with E-state index in [4.69, 9.17) is 10.2 Å². The van der Waals surface area contributed by atoms with Gasteiger partial charge in [-0.15, -0.1) is 0 Å². The van der Waals surface area contributed by atoms with Gasteiger partial charge in [0.2, 0.25) is 0 Å². The second-order valence-electron chi connectivity index (χ2n) is 4.42. The summed E-state index contributed by atoms with van der Waals surface area (Å²) in [5.74, 6) is 5.84. The largest absolute Gasteiger partial charge is 0.459 e. The van der Waals surface area contributed by atoms with Gasteiger partial charge in [-0.25, -0.2) is 0 Å². The summed E-state index contributed by atoms with van der Waals surface area (Å²) in [7, 11) is 0. The average molecular weight is 268 g/mol. The molecule has 102 valence electrons. The van der Waals surface area contributed by atoms with Crippen LogP contribution in [0.3, 0.4) is 0 Å². The van der Waals surface area contributed by atoms with Gasteiger partial charge >= 0.3 is 0 Å². The molecular weight excluding hydrogens is 252 g/mol. The van der Waals surface area contributed by atoms with Crippen LogP contribution >= 0.6 is 0 Å². The smallest absolute Gasteiger partial charge is 0.291 e. The Morgan fingerprint density at radius 3 is 2.75 bits per heavy atom. The minimum atomic E-state index is -0.269. The maximum atomic E-state index is 12.0. The summed E-state index contributed by atoms with van der Waals surface area (Å²) in [6, 6.07) is 7.32. The fourth-order valence-corrected chi connectivity index (χ4v) is 1.77. The SMILES string of the molecule is Cc1ccc(NC(=O)c2occc2C)cc1C#CCN. The van der Waals surface area contributed by atoms with Gasteiger partial charge < -0.3 is 15.5 Å². The average Bonchev–Trinajstić information content (AvgIpc) is 2.85. The first kappa shape index (κ1) is 13.9. The van der Waals surface area contributed by atoms with E-state index < -0.39 is 0 Å². The normalized spacial score (nSPS) is 9.75. The third-order valence-corrected chi connectivity index (χ3v) is 2.89. The van der Waals surface area contributed by atoms with Gasteiger partial charge in [0.15, 0.2) is 5.76 Å². The summed E-state index contributed by atoms with van der Waals surface area (Å²) in [5.41, 5.74) is 8.74. The summed E-state index contributed by atoms with van der Waals surface area (Å²) >= 11 is 0. The Morgan fingerprint density at radius 2 is 2.10 bits per heavy atom. The standard InChI is InChI=1S/C16H16N2O2/c1-11-5-6-14(10-13(11)4-3-8-17)18-16(19)15-12(2)7-9-20-15/h5-7,9-10H,8,17H2,1-2H3,(H,18,19). The number of nitrogens with two attached hydrogens (primary N) is 1. The van der Waals surface area contributed by atoms with E-state index in [0.29, 0.717) is 18.0 Å². The number of hydrogen-bond acceptors (Lipinski definition) is 3. The quantitative estimate of drug-likeness (QED) is 0.822. The minimum Gasteiger partial charge on any atom is -0.459 e. The molecule has 0 bridgehead atoms. The van der Waals surface area contributed by atoms with Crippen molar-refractivity contribution in [3.05, 3.63) is 53.0 Å². The lowest BCUT2D eigenvalue weighted by Gasteiger charge is -2.06. The molecule has 0 saturated carbocycles. The van der Waals surface area contributed by atoms with E-state index in [1.807, 2.05) is 32.0 Å². The predicted octanol–water partition coefficient (Wildman–Crippen LogP) is 2.46. The Kier molecular flexibility index (Phi) is 4.24. The zero-order chi connectivity index (χ0) is 14.5. The molecule has 1 aromatic carbocycles. The molecule has 0 unspecified atom stereocenters. The number of furan rings is 1. The molecule has 3 N–H and O–H groups in total. The van der Waals surface area contributed by atoms with Gasteiger partial charge in [-0.1, -0.05) is 17.9 Å². The van der Waals surface area contributed by atoms with E-state index in [0.717, 1.165) is 16.7 Å². The summed E-state index contributed by atoms with van der Waals surface area (Å²) in [6.07, 6.45) is 1.50. The second-order valence-corrected chi connectivity index (χ2v) is 4.42. The summed E-state index contributed by atoms with van der Waals surface area (Å²) in [4.78, 5) is 12.0. The van der Waals surface area contributed by atoms with Crippen LogP contribution in [0.5, 0.6) is 0 Å². The van der Waals surface area contributed by atoms with Crippen molar-refractivity contribution in [1.29, 1.82) is 0 Å². The molecule has 1 heterocycles. The predicted molar refractivity (Wildman–Crippen MR) is 78.5 cm³/mol. The van der Waals surface area contributed by atoms with Gasteiger partial charge in [0, 0.05) is 16.8 Å². The van der Waals surface area contributed by atoms with E-state index in [1.165, 1.54) is 6.26 Å². The number of nitrogens with one attached hydrogen (secondary N) is 1. The summed E-state index contributed by atoms with van der Waals surface area (Å²) in [6.45, 7) is 4.09. The van der Waals surface area contributed by atoms with Crippen LogP contribution in [0.15, 0.2) is 34.9 Å². The molecule has 2 aromatic rings. The van der Waals surface area contributed by atoms with Crippen LogP contribution in [-0.4, -0.2) is 12.5 Å². The summed E-state index contributed by atoms with van der Waals surface area (Å²) in [5, 5.41) is 2.80. The Bertz CT molecular complexity index is 690. The van der Waals surface area contributed by atoms with E-state index in [-0.39, 0.29) is 5.91 Å². The molecule has 0 radical (unpaired) electrons. The van der Waals surface area contributed by atoms with Crippen molar-refractivity contribution in [3.63, 3.8) is 0 Å². The number of carbonyl (C=O) groups is 1. The lowest BCUT2D eigenvalue weighted by atomic mass is 10.1. The van der Waals surface area contributed by atoms with Crippen LogP contribution < -0.4 is 11.1 Å². The first-order valence-corrected chi connectivity index (χ1v) is 6.27. The number of anilines is 1. The number of amides is 1. The molecule has 0 spiro atoms. The molecule has 4 nitrogen and oxygen atoms in total. The Morgan fingerprint density at radius 1 is 1.30 bits per heavy atom. The monoisotopic (exact) mass is 268 g/mol. The van der Waals surface area contributed by atoms with Gasteiger partial charge in [0.05, 0.1) is 12.8 Å². The second kappa shape index (κ2) is 6.09. The number of hydrogen-bond donors (Lipinski definition) is 2. The van der Waals surface area contributed by atoms with Crippen molar-refractivity contribution in [1.82, 2.24) is 0 Å². The van der Waals surface area contributed by atoms with Gasteiger partial charge in [0.25, 0.3) is 5.91 Å². The Balaban J connectivity index is 2.22. The molecule has 1 amide bonds. The molecule has 0 atom stereocenters. The van der Waals surface area contributed by atoms with Crippen molar-refractivity contribution in [2.75, 3.05) is 11.9 Å². The van der Waals surface area contributed by atoms with Crippen LogP contribution in [0.2, 0.25) is 0 Å². The molecule has 0 fully saturated rings. The van der Waals surface area contributed by atoms with Gasteiger partial charge in [-0.2, -0.15) is 0 Å². The Labute approximate surface area is 118 Å². The van der Waals surface area contributed by atoms with Crippen molar-refractivity contribution in [3.8, 4) is 11.8 Å². The molecular formula is C16H16N2O2. The number of aryl methyl sites for hydroxylation is 2. The molecule has 0 aliphatic heterocycles. The van der Waals surface area contributed by atoms with Gasteiger partial charge in [-0.3, -0.25) is 4.79 Å². The third-order valence-electron chi connectivity index (χ3n) is 2.89. The molecule has 0 aliphatic carbocycles. The molecule has 1 aromatic heterocycles. The fourth-order valence-electron chi connectivity index (χ4n) is 1.77. The van der Waals surface area contributed by atoms with E-state index in [2.05, 4.69) is 17.2 Å². The molecule has 0 aliphatic rings. The van der Waals surface area contributed by atoms with E-state index in [1.54, 1.807) is 6.07 Å². The van der Waals surface area contributed by atoms with Crippen LogP contribution in [-0.2, 0) is 0 Å². The maximum Gasteiger partial charge on any atom is 0.291 e. The molecule has 2 rings (SSSR count). The number of rotatable bonds is 2. The van der Waals surface area contributed by atoms with Crippen LogP contribution in [0.4, 0.5) is 5.69 Å². The highest BCUT2D eigenvalue weighted by atomic mass is 16.3. The minimum absolute atomic E-state index is 0.269.